The van der Waals surface area contributed by atoms with Crippen LogP contribution in [0.5, 0.6) is 5.75 Å². The highest BCUT2D eigenvalue weighted by molar-refractivity contribution is 5.96. The third kappa shape index (κ3) is 4.49. The molecule has 3 heteroatoms. The Morgan fingerprint density at radius 3 is 2.67 bits per heavy atom. The molecule has 1 aromatic carbocycles. The van der Waals surface area contributed by atoms with Crippen LogP contribution in [0.2, 0.25) is 0 Å². The van der Waals surface area contributed by atoms with Gasteiger partial charge in [-0.3, -0.25) is 4.79 Å². The zero-order chi connectivity index (χ0) is 13.6. The summed E-state index contributed by atoms with van der Waals surface area (Å²) in [6.45, 7) is 6.50. The highest BCUT2D eigenvalue weighted by Crippen LogP contribution is 2.19. The maximum Gasteiger partial charge on any atom is 0.163 e. The number of ketones is 1. The Kier molecular flexibility index (Phi) is 5.35. The first kappa shape index (κ1) is 14.7. The van der Waals surface area contributed by atoms with E-state index in [-0.39, 0.29) is 11.4 Å². The summed E-state index contributed by atoms with van der Waals surface area (Å²) in [7, 11) is 1.67. The van der Waals surface area contributed by atoms with E-state index in [2.05, 4.69) is 0 Å². The van der Waals surface area contributed by atoms with Gasteiger partial charge in [-0.2, -0.15) is 0 Å². The van der Waals surface area contributed by atoms with E-state index in [9.17, 15) is 4.79 Å². The standard InChI is InChI=1S/C15H22O3/c1-5-18-13-8-6-7-12(11-13)14(16)9-10-15(2,3)17-4/h6-8,11H,5,9-10H2,1-4H3. The first-order valence-corrected chi connectivity index (χ1v) is 6.29. The normalized spacial score (nSPS) is 11.3. The van der Waals surface area contributed by atoms with Gasteiger partial charge < -0.3 is 9.47 Å². The summed E-state index contributed by atoms with van der Waals surface area (Å²) in [6, 6.07) is 7.33. The summed E-state index contributed by atoms with van der Waals surface area (Å²) in [5.41, 5.74) is 0.445. The molecule has 0 radical (unpaired) electrons. The van der Waals surface area contributed by atoms with Crippen LogP contribution >= 0.6 is 0 Å². The van der Waals surface area contributed by atoms with E-state index in [0.29, 0.717) is 25.0 Å². The first-order chi connectivity index (χ1) is 8.48. The van der Waals surface area contributed by atoms with Crippen LogP contribution in [0.4, 0.5) is 0 Å². The molecule has 0 amide bonds. The van der Waals surface area contributed by atoms with E-state index >= 15 is 0 Å². The molecule has 0 fully saturated rings. The minimum absolute atomic E-state index is 0.127. The minimum Gasteiger partial charge on any atom is -0.494 e. The molecule has 0 aliphatic heterocycles. The second-order valence-corrected chi connectivity index (χ2v) is 4.85. The van der Waals surface area contributed by atoms with Crippen LogP contribution in [-0.4, -0.2) is 25.1 Å². The molecule has 0 unspecified atom stereocenters. The predicted octanol–water partition coefficient (Wildman–Crippen LogP) is 3.47. The minimum atomic E-state index is -0.257. The quantitative estimate of drug-likeness (QED) is 0.695. The van der Waals surface area contributed by atoms with Crippen molar-refractivity contribution >= 4 is 5.78 Å². The number of hydrogen-bond donors (Lipinski definition) is 0. The molecular weight excluding hydrogens is 228 g/mol. The lowest BCUT2D eigenvalue weighted by Gasteiger charge is -2.22. The van der Waals surface area contributed by atoms with E-state index < -0.39 is 0 Å². The van der Waals surface area contributed by atoms with Crippen molar-refractivity contribution < 1.29 is 14.3 Å². The average molecular weight is 250 g/mol. The molecule has 1 aromatic rings. The van der Waals surface area contributed by atoms with Crippen molar-refractivity contribution in [3.8, 4) is 5.75 Å². The summed E-state index contributed by atoms with van der Waals surface area (Å²) in [5.74, 6) is 0.871. The number of hydrogen-bond acceptors (Lipinski definition) is 3. The van der Waals surface area contributed by atoms with Gasteiger partial charge in [-0.25, -0.2) is 0 Å². The van der Waals surface area contributed by atoms with Gasteiger partial charge in [0.25, 0.3) is 0 Å². The Bertz CT molecular complexity index is 396. The summed E-state index contributed by atoms with van der Waals surface area (Å²) in [4.78, 5) is 12.1. The molecule has 0 aliphatic rings. The molecule has 0 bridgehead atoms. The third-order valence-electron chi connectivity index (χ3n) is 2.97. The van der Waals surface area contributed by atoms with Crippen molar-refractivity contribution in [1.29, 1.82) is 0 Å². The van der Waals surface area contributed by atoms with Crippen LogP contribution < -0.4 is 4.74 Å². The van der Waals surface area contributed by atoms with Crippen molar-refractivity contribution in [3.05, 3.63) is 29.8 Å². The summed E-state index contributed by atoms with van der Waals surface area (Å²) in [5, 5.41) is 0. The molecule has 0 atom stereocenters. The van der Waals surface area contributed by atoms with Gasteiger partial charge in [-0.15, -0.1) is 0 Å². The second kappa shape index (κ2) is 6.55. The average Bonchev–Trinajstić information content (AvgIpc) is 2.37. The van der Waals surface area contributed by atoms with Crippen molar-refractivity contribution in [1.82, 2.24) is 0 Å². The predicted molar refractivity (Wildman–Crippen MR) is 72.3 cm³/mol. The molecular formula is C15H22O3. The van der Waals surface area contributed by atoms with Crippen LogP contribution in [0.3, 0.4) is 0 Å². The number of benzene rings is 1. The van der Waals surface area contributed by atoms with E-state index in [1.165, 1.54) is 0 Å². The summed E-state index contributed by atoms with van der Waals surface area (Å²) < 4.78 is 10.7. The summed E-state index contributed by atoms with van der Waals surface area (Å²) in [6.07, 6.45) is 1.19. The maximum atomic E-state index is 12.1. The van der Waals surface area contributed by atoms with Crippen LogP contribution in [0.15, 0.2) is 24.3 Å². The fraction of sp³-hybridized carbons (Fsp3) is 0.533. The molecule has 0 saturated heterocycles. The van der Waals surface area contributed by atoms with E-state index in [0.717, 1.165) is 5.75 Å². The Morgan fingerprint density at radius 2 is 2.06 bits per heavy atom. The molecule has 0 saturated carbocycles. The third-order valence-corrected chi connectivity index (χ3v) is 2.97. The highest BCUT2D eigenvalue weighted by Gasteiger charge is 2.18. The first-order valence-electron chi connectivity index (χ1n) is 6.29. The van der Waals surface area contributed by atoms with Crippen LogP contribution in [-0.2, 0) is 4.74 Å². The fourth-order valence-electron chi connectivity index (χ4n) is 1.59. The Morgan fingerprint density at radius 1 is 1.33 bits per heavy atom. The van der Waals surface area contributed by atoms with E-state index in [1.54, 1.807) is 13.2 Å². The van der Waals surface area contributed by atoms with Crippen LogP contribution in [0.25, 0.3) is 0 Å². The number of rotatable bonds is 7. The molecule has 0 aromatic heterocycles. The monoisotopic (exact) mass is 250 g/mol. The molecule has 0 spiro atoms. The van der Waals surface area contributed by atoms with Gasteiger partial charge >= 0.3 is 0 Å². The number of carbonyl (C=O) groups excluding carboxylic acids is 1. The van der Waals surface area contributed by atoms with Crippen molar-refractivity contribution in [2.75, 3.05) is 13.7 Å². The van der Waals surface area contributed by atoms with Gasteiger partial charge in [-0.1, -0.05) is 12.1 Å². The van der Waals surface area contributed by atoms with Crippen molar-refractivity contribution in [3.63, 3.8) is 0 Å². The fourth-order valence-corrected chi connectivity index (χ4v) is 1.59. The van der Waals surface area contributed by atoms with Crippen LogP contribution in [0.1, 0.15) is 44.0 Å². The Hall–Kier alpha value is -1.35. The van der Waals surface area contributed by atoms with Crippen LogP contribution in [0, 0.1) is 0 Å². The molecule has 3 nitrogen and oxygen atoms in total. The molecule has 18 heavy (non-hydrogen) atoms. The zero-order valence-electron chi connectivity index (χ0n) is 11.7. The molecule has 100 valence electrons. The van der Waals surface area contributed by atoms with Gasteiger partial charge in [0.1, 0.15) is 5.75 Å². The van der Waals surface area contributed by atoms with Gasteiger partial charge in [0, 0.05) is 19.1 Å². The summed E-state index contributed by atoms with van der Waals surface area (Å²) >= 11 is 0. The van der Waals surface area contributed by atoms with Gasteiger partial charge in [0.15, 0.2) is 5.78 Å². The lowest BCUT2D eigenvalue weighted by Crippen LogP contribution is -2.23. The smallest absolute Gasteiger partial charge is 0.163 e. The largest absolute Gasteiger partial charge is 0.494 e. The Labute approximate surface area is 109 Å². The molecule has 1 rings (SSSR count). The SMILES string of the molecule is CCOc1cccc(C(=O)CCC(C)(C)OC)c1. The van der Waals surface area contributed by atoms with Crippen molar-refractivity contribution in [2.45, 2.75) is 39.2 Å². The highest BCUT2D eigenvalue weighted by atomic mass is 16.5. The molecule has 0 N–H and O–H groups in total. The van der Waals surface area contributed by atoms with Crippen molar-refractivity contribution in [2.24, 2.45) is 0 Å². The Balaban J connectivity index is 2.64. The van der Waals surface area contributed by atoms with E-state index in [1.807, 2.05) is 39.0 Å². The number of carbonyl (C=O) groups is 1. The number of methoxy groups -OCH3 is 1. The maximum absolute atomic E-state index is 12.1. The van der Waals surface area contributed by atoms with E-state index in [4.69, 9.17) is 9.47 Å². The second-order valence-electron chi connectivity index (χ2n) is 4.85. The molecule has 0 heterocycles. The lowest BCUT2D eigenvalue weighted by atomic mass is 9.98. The van der Waals surface area contributed by atoms with Gasteiger partial charge in [0.2, 0.25) is 0 Å². The van der Waals surface area contributed by atoms with Gasteiger partial charge in [-0.05, 0) is 39.3 Å². The molecule has 0 aliphatic carbocycles. The number of ether oxygens (including phenoxy) is 2. The number of Topliss-reactive ketones (excluding diaryl/α,β-unsaturated/α-hetero) is 1. The zero-order valence-corrected chi connectivity index (χ0v) is 11.7. The topological polar surface area (TPSA) is 35.5 Å². The van der Waals surface area contributed by atoms with Gasteiger partial charge in [0.05, 0.1) is 12.2 Å². The lowest BCUT2D eigenvalue weighted by molar-refractivity contribution is 0.0141.